The monoisotopic (exact) mass is 216 g/mol. The van der Waals surface area contributed by atoms with Gasteiger partial charge in [-0.1, -0.05) is 18.2 Å². The van der Waals surface area contributed by atoms with E-state index in [4.69, 9.17) is 10.5 Å². The topological polar surface area (TPSA) is 48.1 Å². The summed E-state index contributed by atoms with van der Waals surface area (Å²) in [5.41, 5.74) is 7.28. The van der Waals surface area contributed by atoms with E-state index in [1.165, 1.54) is 5.39 Å². The van der Waals surface area contributed by atoms with Gasteiger partial charge in [0.1, 0.15) is 0 Å². The summed E-state index contributed by atoms with van der Waals surface area (Å²) in [5.74, 6) is 0. The van der Waals surface area contributed by atoms with Gasteiger partial charge in [-0.3, -0.25) is 4.98 Å². The molecule has 0 amide bonds. The number of benzene rings is 1. The van der Waals surface area contributed by atoms with Crippen LogP contribution in [-0.4, -0.2) is 18.7 Å². The third-order valence-electron chi connectivity index (χ3n) is 2.75. The number of rotatable bonds is 4. The molecule has 0 aliphatic heterocycles. The Morgan fingerprint density at radius 2 is 2.25 bits per heavy atom. The maximum atomic E-state index is 6.14. The molecule has 0 bridgehead atoms. The highest BCUT2D eigenvalue weighted by Gasteiger charge is 2.09. The van der Waals surface area contributed by atoms with E-state index in [0.29, 0.717) is 6.61 Å². The van der Waals surface area contributed by atoms with Gasteiger partial charge in [0.25, 0.3) is 0 Å². The van der Waals surface area contributed by atoms with Crippen LogP contribution in [0, 0.1) is 0 Å². The molecule has 0 saturated heterocycles. The Balaban J connectivity index is 2.36. The third kappa shape index (κ3) is 2.21. The summed E-state index contributed by atoms with van der Waals surface area (Å²) < 4.78 is 5.05. The molecule has 16 heavy (non-hydrogen) atoms. The second kappa shape index (κ2) is 5.05. The van der Waals surface area contributed by atoms with E-state index in [9.17, 15) is 0 Å². The quantitative estimate of drug-likeness (QED) is 0.852. The Labute approximate surface area is 95.2 Å². The van der Waals surface area contributed by atoms with Gasteiger partial charge in [0.15, 0.2) is 0 Å². The van der Waals surface area contributed by atoms with Crippen LogP contribution in [0.4, 0.5) is 0 Å². The zero-order valence-corrected chi connectivity index (χ0v) is 9.39. The lowest BCUT2D eigenvalue weighted by atomic mass is 9.99. The van der Waals surface area contributed by atoms with Gasteiger partial charge in [-0.15, -0.1) is 0 Å². The summed E-state index contributed by atoms with van der Waals surface area (Å²) >= 11 is 0. The normalized spacial score (nSPS) is 12.9. The van der Waals surface area contributed by atoms with Crippen molar-refractivity contribution in [3.63, 3.8) is 0 Å². The highest BCUT2D eigenvalue weighted by Crippen LogP contribution is 2.23. The van der Waals surface area contributed by atoms with E-state index in [1.807, 2.05) is 18.3 Å². The highest BCUT2D eigenvalue weighted by molar-refractivity contribution is 5.85. The van der Waals surface area contributed by atoms with Crippen molar-refractivity contribution in [1.82, 2.24) is 4.98 Å². The number of nitrogens with zero attached hydrogens (tertiary/aromatic N) is 1. The number of pyridine rings is 1. The van der Waals surface area contributed by atoms with Crippen LogP contribution in [0.15, 0.2) is 36.7 Å². The molecule has 1 atom stereocenters. The van der Waals surface area contributed by atoms with Crippen molar-refractivity contribution in [3.8, 4) is 0 Å². The average molecular weight is 216 g/mol. The first-order valence-corrected chi connectivity index (χ1v) is 5.40. The second-order valence-corrected chi connectivity index (χ2v) is 3.83. The molecule has 0 fully saturated rings. The Morgan fingerprint density at radius 3 is 3.06 bits per heavy atom. The summed E-state index contributed by atoms with van der Waals surface area (Å²) in [7, 11) is 1.69. The largest absolute Gasteiger partial charge is 0.385 e. The van der Waals surface area contributed by atoms with Gasteiger partial charge in [-0.05, 0) is 23.4 Å². The molecule has 3 nitrogen and oxygen atoms in total. The Kier molecular flexibility index (Phi) is 3.49. The van der Waals surface area contributed by atoms with E-state index in [2.05, 4.69) is 17.1 Å². The molecule has 1 aromatic heterocycles. The lowest BCUT2D eigenvalue weighted by Crippen LogP contribution is -2.13. The van der Waals surface area contributed by atoms with Gasteiger partial charge in [0.05, 0.1) is 0 Å². The van der Waals surface area contributed by atoms with Crippen molar-refractivity contribution in [2.45, 2.75) is 12.5 Å². The molecule has 2 aromatic rings. The highest BCUT2D eigenvalue weighted by atomic mass is 16.5. The minimum absolute atomic E-state index is 0.00727. The number of aromatic nitrogens is 1. The van der Waals surface area contributed by atoms with Crippen LogP contribution in [0.3, 0.4) is 0 Å². The van der Waals surface area contributed by atoms with Crippen molar-refractivity contribution in [3.05, 3.63) is 42.2 Å². The number of methoxy groups -OCH3 is 1. The summed E-state index contributed by atoms with van der Waals surface area (Å²) in [4.78, 5) is 4.15. The van der Waals surface area contributed by atoms with E-state index in [1.54, 1.807) is 13.3 Å². The zero-order chi connectivity index (χ0) is 11.4. The van der Waals surface area contributed by atoms with Crippen LogP contribution in [0.1, 0.15) is 18.0 Å². The molecule has 1 aromatic carbocycles. The van der Waals surface area contributed by atoms with Crippen LogP contribution >= 0.6 is 0 Å². The van der Waals surface area contributed by atoms with Crippen molar-refractivity contribution in [2.75, 3.05) is 13.7 Å². The summed E-state index contributed by atoms with van der Waals surface area (Å²) in [6.07, 6.45) is 4.49. The number of nitrogens with two attached hydrogens (primary N) is 1. The van der Waals surface area contributed by atoms with Crippen molar-refractivity contribution in [2.24, 2.45) is 5.73 Å². The molecular weight excluding hydrogens is 200 g/mol. The van der Waals surface area contributed by atoms with Gasteiger partial charge < -0.3 is 10.5 Å². The first-order chi connectivity index (χ1) is 7.83. The predicted octanol–water partition coefficient (Wildman–Crippen LogP) is 2.27. The Morgan fingerprint density at radius 1 is 1.38 bits per heavy atom. The van der Waals surface area contributed by atoms with Gasteiger partial charge >= 0.3 is 0 Å². The summed E-state index contributed by atoms with van der Waals surface area (Å²) in [6.45, 7) is 0.678. The molecule has 0 spiro atoms. The molecule has 1 unspecified atom stereocenters. The van der Waals surface area contributed by atoms with Crippen LogP contribution in [0.2, 0.25) is 0 Å². The molecule has 84 valence electrons. The fourth-order valence-corrected chi connectivity index (χ4v) is 1.86. The van der Waals surface area contributed by atoms with Crippen LogP contribution in [0.5, 0.6) is 0 Å². The number of fused-ring (bicyclic) bond motifs is 1. The number of ether oxygens (including phenoxy) is 1. The maximum Gasteiger partial charge on any atom is 0.0480 e. The second-order valence-electron chi connectivity index (χ2n) is 3.83. The van der Waals surface area contributed by atoms with Gasteiger partial charge in [0.2, 0.25) is 0 Å². The number of hydrogen-bond donors (Lipinski definition) is 1. The van der Waals surface area contributed by atoms with Gasteiger partial charge in [0, 0.05) is 37.5 Å². The maximum absolute atomic E-state index is 6.14. The van der Waals surface area contributed by atoms with Gasteiger partial charge in [-0.2, -0.15) is 0 Å². The van der Waals surface area contributed by atoms with Gasteiger partial charge in [-0.25, -0.2) is 0 Å². The Hall–Kier alpha value is -1.45. The zero-order valence-electron chi connectivity index (χ0n) is 9.39. The predicted molar refractivity (Wildman–Crippen MR) is 65.2 cm³/mol. The number of hydrogen-bond acceptors (Lipinski definition) is 3. The Bertz CT molecular complexity index is 465. The average Bonchev–Trinajstić information content (AvgIpc) is 2.35. The van der Waals surface area contributed by atoms with Crippen LogP contribution in [0.25, 0.3) is 10.8 Å². The van der Waals surface area contributed by atoms with E-state index < -0.39 is 0 Å². The molecule has 0 aliphatic rings. The van der Waals surface area contributed by atoms with Crippen LogP contribution in [-0.2, 0) is 4.74 Å². The third-order valence-corrected chi connectivity index (χ3v) is 2.75. The molecule has 1 heterocycles. The molecule has 2 rings (SSSR count). The minimum Gasteiger partial charge on any atom is -0.385 e. The fourth-order valence-electron chi connectivity index (χ4n) is 1.86. The standard InChI is InChI=1S/C13H16N2O/c1-16-8-6-13(14)11-4-2-3-10-5-7-15-9-12(10)11/h2-5,7,9,13H,6,8,14H2,1H3. The molecule has 0 saturated carbocycles. The molecule has 0 radical (unpaired) electrons. The van der Waals surface area contributed by atoms with E-state index in [-0.39, 0.29) is 6.04 Å². The van der Waals surface area contributed by atoms with E-state index in [0.717, 1.165) is 17.4 Å². The molecule has 0 aliphatic carbocycles. The first kappa shape index (κ1) is 11.0. The smallest absolute Gasteiger partial charge is 0.0480 e. The molecular formula is C13H16N2O. The van der Waals surface area contributed by atoms with Crippen molar-refractivity contribution < 1.29 is 4.74 Å². The molecule has 3 heteroatoms. The van der Waals surface area contributed by atoms with E-state index >= 15 is 0 Å². The lowest BCUT2D eigenvalue weighted by Gasteiger charge is -2.13. The van der Waals surface area contributed by atoms with Crippen molar-refractivity contribution in [1.29, 1.82) is 0 Å². The SMILES string of the molecule is COCCC(N)c1cccc2ccncc12. The summed E-state index contributed by atoms with van der Waals surface area (Å²) in [6, 6.07) is 8.17. The summed E-state index contributed by atoms with van der Waals surface area (Å²) in [5, 5.41) is 2.31. The molecule has 2 N–H and O–H groups in total. The fraction of sp³-hybridized carbons (Fsp3) is 0.308. The van der Waals surface area contributed by atoms with Crippen molar-refractivity contribution >= 4 is 10.8 Å². The minimum atomic E-state index is 0.00727. The van der Waals surface area contributed by atoms with Crippen LogP contribution < -0.4 is 5.73 Å². The lowest BCUT2D eigenvalue weighted by molar-refractivity contribution is 0.188. The first-order valence-electron chi connectivity index (χ1n) is 5.40.